The first kappa shape index (κ1) is 18.9. The normalized spacial score (nSPS) is 11.7. The molecule has 0 rings (SSSR count). The van der Waals surface area contributed by atoms with E-state index < -0.39 is 0 Å². The van der Waals surface area contributed by atoms with Crippen LogP contribution in [0.15, 0.2) is 0 Å². The third kappa shape index (κ3) is 10.8. The van der Waals surface area contributed by atoms with Gasteiger partial charge in [-0.15, -0.1) is 0 Å². The van der Waals surface area contributed by atoms with Crippen LogP contribution in [0.3, 0.4) is 0 Å². The van der Waals surface area contributed by atoms with Crippen molar-refractivity contribution in [1.29, 1.82) is 0 Å². The fraction of sp³-hybridized carbons (Fsp3) is 1.00. The monoisotopic (exact) mass is 394 g/mol. The van der Waals surface area contributed by atoms with Crippen LogP contribution in [-0.4, -0.2) is 65.3 Å². The molecule has 0 atom stereocenters. The van der Waals surface area contributed by atoms with Crippen molar-refractivity contribution in [2.24, 2.45) is 0 Å². The van der Waals surface area contributed by atoms with Gasteiger partial charge in [-0.1, -0.05) is 0 Å². The Hall–Kier alpha value is 0.879. The van der Waals surface area contributed by atoms with Gasteiger partial charge in [0.1, 0.15) is 0 Å². The molecule has 0 N–H and O–H groups in total. The van der Waals surface area contributed by atoms with Crippen LogP contribution in [0, 0.1) is 0 Å². The summed E-state index contributed by atoms with van der Waals surface area (Å²) in [5, 5.41) is 2.05. The summed E-state index contributed by atoms with van der Waals surface area (Å²) < 4.78 is 22.1. The van der Waals surface area contributed by atoms with Crippen molar-refractivity contribution in [3.8, 4) is 0 Å². The van der Waals surface area contributed by atoms with Gasteiger partial charge in [0.25, 0.3) is 0 Å². The van der Waals surface area contributed by atoms with E-state index in [4.69, 9.17) is 18.9 Å². The molecule has 18 heavy (non-hydrogen) atoms. The molecular weight excluding hydrogens is 366 g/mol. The van der Waals surface area contributed by atoms with Crippen molar-refractivity contribution in [2.45, 2.75) is 50.9 Å². The molecule has 0 saturated heterocycles. The molecule has 6 heteroatoms. The molecule has 0 bridgehead atoms. The van der Waals surface area contributed by atoms with E-state index in [9.17, 15) is 0 Å². The summed E-state index contributed by atoms with van der Waals surface area (Å²) in [4.78, 5) is 0. The summed E-state index contributed by atoms with van der Waals surface area (Å²) in [7, 11) is 0. The van der Waals surface area contributed by atoms with Crippen molar-refractivity contribution in [2.75, 3.05) is 26.4 Å². The van der Waals surface area contributed by atoms with Gasteiger partial charge in [-0.25, -0.2) is 0 Å². The van der Waals surface area contributed by atoms with Crippen LogP contribution in [0.4, 0.5) is 0 Å². The van der Waals surface area contributed by atoms with Crippen LogP contribution >= 0.6 is 0 Å². The fourth-order valence-electron chi connectivity index (χ4n) is 1.24. The Morgan fingerprint density at radius 2 is 0.889 bits per heavy atom. The Kier molecular flexibility index (Phi) is 15.0. The van der Waals surface area contributed by atoms with E-state index in [1.54, 1.807) is 0 Å². The first-order valence-electron chi connectivity index (χ1n) is 6.49. The van der Waals surface area contributed by atoms with Gasteiger partial charge in [-0.2, -0.15) is 0 Å². The van der Waals surface area contributed by atoms with Crippen LogP contribution < -0.4 is 0 Å². The molecule has 0 radical (unpaired) electrons. The first-order chi connectivity index (χ1) is 8.78. The third-order valence-corrected chi connectivity index (χ3v) is 8.75. The first-order valence-corrected chi connectivity index (χ1v) is 13.2. The van der Waals surface area contributed by atoms with E-state index in [0.29, 0.717) is 52.7 Å². The zero-order valence-electron chi connectivity index (χ0n) is 11.8. The predicted molar refractivity (Wildman–Crippen MR) is 75.2 cm³/mol. The third-order valence-electron chi connectivity index (χ3n) is 1.90. The predicted octanol–water partition coefficient (Wildman–Crippen LogP) is 1.94. The Morgan fingerprint density at radius 3 is 1.11 bits per heavy atom. The molecule has 0 aromatic heterocycles. The second kappa shape index (κ2) is 14.3. The molecule has 0 aromatic carbocycles. The van der Waals surface area contributed by atoms with Gasteiger partial charge in [-0.05, 0) is 0 Å². The zero-order valence-corrected chi connectivity index (χ0v) is 15.3. The maximum atomic E-state index is 5.53. The molecule has 0 aliphatic heterocycles. The number of hydrogen-bond donors (Lipinski definition) is 0. The Labute approximate surface area is 122 Å². The summed E-state index contributed by atoms with van der Waals surface area (Å²) in [5.41, 5.74) is 0. The average Bonchev–Trinajstić information content (AvgIpc) is 2.35. The maximum absolute atomic E-state index is 5.53. The average molecular weight is 392 g/mol. The number of ether oxygens (including phenoxy) is 4. The Balaban J connectivity index is 3.66. The molecule has 4 nitrogen and oxygen atoms in total. The van der Waals surface area contributed by atoms with Gasteiger partial charge in [0.05, 0.1) is 0 Å². The van der Waals surface area contributed by atoms with E-state index in [-0.39, 0.29) is 12.6 Å². The van der Waals surface area contributed by atoms with Crippen LogP contribution in [0.2, 0.25) is 10.6 Å². The van der Waals surface area contributed by atoms with Gasteiger partial charge >= 0.3 is 123 Å². The molecule has 0 spiro atoms. The molecular formula is C12H26O4Se2. The summed E-state index contributed by atoms with van der Waals surface area (Å²) >= 11 is 1.16. The van der Waals surface area contributed by atoms with Crippen LogP contribution in [0.25, 0.3) is 0 Å². The van der Waals surface area contributed by atoms with E-state index in [1.807, 2.05) is 27.7 Å². The second-order valence-corrected chi connectivity index (χ2v) is 10.8. The Morgan fingerprint density at radius 1 is 0.611 bits per heavy atom. The summed E-state index contributed by atoms with van der Waals surface area (Å²) in [6.07, 6.45) is -0.0287. The van der Waals surface area contributed by atoms with E-state index in [1.165, 1.54) is 0 Å². The van der Waals surface area contributed by atoms with Gasteiger partial charge < -0.3 is 0 Å². The van der Waals surface area contributed by atoms with E-state index in [0.717, 1.165) is 10.6 Å². The van der Waals surface area contributed by atoms with E-state index >= 15 is 0 Å². The van der Waals surface area contributed by atoms with Crippen LogP contribution in [-0.2, 0) is 18.9 Å². The fourth-order valence-corrected chi connectivity index (χ4v) is 7.44. The zero-order chi connectivity index (χ0) is 13.6. The van der Waals surface area contributed by atoms with Gasteiger partial charge in [0, 0.05) is 0 Å². The molecule has 0 fully saturated rings. The minimum atomic E-state index is -0.0143. The van der Waals surface area contributed by atoms with Gasteiger partial charge in [-0.3, -0.25) is 0 Å². The van der Waals surface area contributed by atoms with Crippen molar-refractivity contribution in [1.82, 2.24) is 0 Å². The van der Waals surface area contributed by atoms with Crippen LogP contribution in [0.1, 0.15) is 27.7 Å². The summed E-state index contributed by atoms with van der Waals surface area (Å²) in [6.45, 7) is 10.9. The Bertz CT molecular complexity index is 142. The van der Waals surface area contributed by atoms with Gasteiger partial charge in [0.15, 0.2) is 0 Å². The summed E-state index contributed by atoms with van der Waals surface area (Å²) in [5.74, 6) is 0. The molecule has 0 unspecified atom stereocenters. The standard InChI is InChI=1S/C12H26O4Se2/c1-5-13-11(14-6-2)9-17-18-10-12(15-7-3)16-8-4/h11-12H,5-10H2,1-4H3. The summed E-state index contributed by atoms with van der Waals surface area (Å²) in [6, 6.07) is 0. The molecule has 0 amide bonds. The number of rotatable bonds is 13. The van der Waals surface area contributed by atoms with Crippen molar-refractivity contribution >= 4 is 26.3 Å². The van der Waals surface area contributed by atoms with Crippen molar-refractivity contribution in [3.63, 3.8) is 0 Å². The van der Waals surface area contributed by atoms with Crippen molar-refractivity contribution < 1.29 is 18.9 Å². The molecule has 110 valence electrons. The topological polar surface area (TPSA) is 36.9 Å². The molecule has 0 aliphatic carbocycles. The molecule has 0 aliphatic rings. The molecule has 0 aromatic rings. The van der Waals surface area contributed by atoms with Crippen LogP contribution in [0.5, 0.6) is 0 Å². The van der Waals surface area contributed by atoms with Crippen molar-refractivity contribution in [3.05, 3.63) is 0 Å². The quantitative estimate of drug-likeness (QED) is 0.273. The molecule has 0 heterocycles. The SMILES string of the molecule is CCOC(C[Se][Se]CC(OCC)OCC)OCC. The van der Waals surface area contributed by atoms with Gasteiger partial charge in [0.2, 0.25) is 0 Å². The number of hydrogen-bond acceptors (Lipinski definition) is 4. The minimum absolute atomic E-state index is 0.0143. The second-order valence-electron chi connectivity index (χ2n) is 3.25. The molecule has 0 saturated carbocycles. The van der Waals surface area contributed by atoms with E-state index in [2.05, 4.69) is 0 Å².